The molecule has 0 N–H and O–H groups in total. The number of hydrogen-bond acceptors (Lipinski definition) is 0. The van der Waals surface area contributed by atoms with E-state index in [1.807, 2.05) is 36.4 Å². The average molecular weight is 622 g/mol. The molecule has 0 aliphatic carbocycles. The van der Waals surface area contributed by atoms with Gasteiger partial charge < -0.3 is 0 Å². The summed E-state index contributed by atoms with van der Waals surface area (Å²) in [6.45, 7) is 0. The summed E-state index contributed by atoms with van der Waals surface area (Å²) in [5.74, 6) is -2.95. The Labute approximate surface area is 258 Å². The summed E-state index contributed by atoms with van der Waals surface area (Å²) in [4.78, 5) is 0. The first-order valence-electron chi connectivity index (χ1n) is 14.0. The molecule has 6 aromatic rings. The molecule has 0 radical (unpaired) electrons. The van der Waals surface area contributed by atoms with Gasteiger partial charge in [-0.05, 0) is 0 Å². The van der Waals surface area contributed by atoms with Crippen LogP contribution in [0.1, 0.15) is 0 Å². The fourth-order valence-electron chi connectivity index (χ4n) is 5.98. The van der Waals surface area contributed by atoms with Crippen molar-refractivity contribution >= 4 is 66.2 Å². The SMILES string of the molecule is ClP(C=CP(Cl)(c1ccccc1)(c1ccccc1)c1ccccc1)(c1ccccc1)(c1ccccc1)c1ccccc1. The van der Waals surface area contributed by atoms with Gasteiger partial charge in [0, 0.05) is 0 Å². The van der Waals surface area contributed by atoms with Crippen molar-refractivity contribution in [3.63, 3.8) is 0 Å². The zero-order valence-corrected chi connectivity index (χ0v) is 26.4. The van der Waals surface area contributed by atoms with Crippen molar-refractivity contribution in [2.75, 3.05) is 0 Å². The van der Waals surface area contributed by atoms with Crippen LogP contribution >= 0.6 is 34.4 Å². The van der Waals surface area contributed by atoms with Gasteiger partial charge in [-0.3, -0.25) is 0 Å². The second-order valence-electron chi connectivity index (χ2n) is 10.5. The summed E-state index contributed by atoms with van der Waals surface area (Å²) in [6.07, 6.45) is 0. The Morgan fingerprint density at radius 3 is 0.548 bits per heavy atom. The summed E-state index contributed by atoms with van der Waals surface area (Å²) in [5.41, 5.74) is 0. The first-order chi connectivity index (χ1) is 20.5. The summed E-state index contributed by atoms with van der Waals surface area (Å²) in [5, 5.41) is 6.39. The third-order valence-corrected chi connectivity index (χ3v) is 21.9. The summed E-state index contributed by atoms with van der Waals surface area (Å²) in [7, 11) is 0. The second kappa shape index (κ2) is 11.3. The van der Waals surface area contributed by atoms with Gasteiger partial charge >= 0.3 is 260 Å². The fraction of sp³-hybridized carbons (Fsp3) is 0. The van der Waals surface area contributed by atoms with Crippen LogP contribution in [-0.4, -0.2) is 0 Å². The Bertz CT molecular complexity index is 1460. The molecule has 0 aromatic heterocycles. The predicted octanol–water partition coefficient (Wildman–Crippen LogP) is 8.82. The van der Waals surface area contributed by atoms with Crippen LogP contribution in [0, 0.1) is 0 Å². The van der Waals surface area contributed by atoms with E-state index in [0.717, 1.165) is 31.8 Å². The molecular weight excluding hydrogens is 589 g/mol. The van der Waals surface area contributed by atoms with Crippen LogP contribution in [0.4, 0.5) is 0 Å². The molecule has 0 amide bonds. The Morgan fingerprint density at radius 2 is 0.405 bits per heavy atom. The van der Waals surface area contributed by atoms with Crippen molar-refractivity contribution in [2.24, 2.45) is 0 Å². The van der Waals surface area contributed by atoms with Gasteiger partial charge in [0.1, 0.15) is 0 Å². The summed E-state index contributed by atoms with van der Waals surface area (Å²) in [6, 6.07) is 63.0. The molecule has 0 atom stereocenters. The number of benzene rings is 6. The van der Waals surface area contributed by atoms with E-state index in [2.05, 4.69) is 157 Å². The normalized spacial score (nSPS) is 14.0. The Hall–Kier alpha value is -3.50. The molecule has 6 aromatic carbocycles. The fourth-order valence-corrected chi connectivity index (χ4v) is 18.3. The molecular formula is C38H32Cl2P2. The van der Waals surface area contributed by atoms with Crippen molar-refractivity contribution in [1.29, 1.82) is 0 Å². The van der Waals surface area contributed by atoms with Crippen LogP contribution in [0.2, 0.25) is 0 Å². The van der Waals surface area contributed by atoms with Crippen LogP contribution in [0.15, 0.2) is 194 Å². The Balaban J connectivity index is 1.81. The van der Waals surface area contributed by atoms with Gasteiger partial charge in [-0.15, -0.1) is 0 Å². The Morgan fingerprint density at radius 1 is 0.262 bits per heavy atom. The molecule has 6 rings (SSSR count). The number of halogens is 2. The maximum atomic E-state index is 8.51. The molecule has 0 aliphatic heterocycles. The van der Waals surface area contributed by atoms with Gasteiger partial charge in [0.25, 0.3) is 0 Å². The van der Waals surface area contributed by atoms with Crippen LogP contribution in [-0.2, 0) is 0 Å². The van der Waals surface area contributed by atoms with E-state index in [-0.39, 0.29) is 0 Å². The van der Waals surface area contributed by atoms with E-state index < -0.39 is 11.9 Å². The summed E-state index contributed by atoms with van der Waals surface area (Å²) >= 11 is 17.0. The van der Waals surface area contributed by atoms with Crippen molar-refractivity contribution in [3.05, 3.63) is 194 Å². The number of hydrogen-bond donors (Lipinski definition) is 0. The summed E-state index contributed by atoms with van der Waals surface area (Å²) < 4.78 is 0. The van der Waals surface area contributed by atoms with Gasteiger partial charge in [0.2, 0.25) is 0 Å². The van der Waals surface area contributed by atoms with Crippen molar-refractivity contribution in [2.45, 2.75) is 0 Å². The topological polar surface area (TPSA) is 0 Å². The molecule has 0 saturated carbocycles. The van der Waals surface area contributed by atoms with Gasteiger partial charge in [0.15, 0.2) is 0 Å². The van der Waals surface area contributed by atoms with Gasteiger partial charge in [0.05, 0.1) is 0 Å². The molecule has 0 aliphatic rings. The van der Waals surface area contributed by atoms with Crippen molar-refractivity contribution in [1.82, 2.24) is 0 Å². The molecule has 0 fully saturated rings. The van der Waals surface area contributed by atoms with Crippen molar-refractivity contribution < 1.29 is 0 Å². The maximum absolute atomic E-state index is 8.51. The minimum absolute atomic E-state index is 1.06. The zero-order valence-electron chi connectivity index (χ0n) is 23.1. The van der Waals surface area contributed by atoms with E-state index in [4.69, 9.17) is 22.5 Å². The van der Waals surface area contributed by atoms with Crippen LogP contribution in [0.5, 0.6) is 0 Å². The van der Waals surface area contributed by atoms with E-state index in [1.54, 1.807) is 0 Å². The van der Waals surface area contributed by atoms with Gasteiger partial charge in [-0.2, -0.15) is 0 Å². The molecule has 4 heteroatoms. The third kappa shape index (κ3) is 4.46. The Kier molecular flexibility index (Phi) is 7.70. The molecule has 42 heavy (non-hydrogen) atoms. The van der Waals surface area contributed by atoms with Crippen LogP contribution < -0.4 is 31.8 Å². The quantitative estimate of drug-likeness (QED) is 0.149. The molecule has 0 heterocycles. The van der Waals surface area contributed by atoms with Crippen LogP contribution in [0.25, 0.3) is 0 Å². The number of rotatable bonds is 8. The van der Waals surface area contributed by atoms with Gasteiger partial charge in [-0.25, -0.2) is 0 Å². The minimum atomic E-state index is -3.77. The van der Waals surface area contributed by atoms with Crippen LogP contribution in [0.3, 0.4) is 0 Å². The average Bonchev–Trinajstić information content (AvgIpc) is 3.09. The molecule has 0 unspecified atom stereocenters. The standard InChI is InChI=1S/C38H32Cl2P2/c39-41(33-19-7-1-8-20-33,34-21-9-2-10-22-34,35-23-11-3-12-24-35)31-32-42(40,36-25-13-4-14-26-36,37-27-15-5-16-28-37)38-29-17-6-18-30-38/h1-32H. The van der Waals surface area contributed by atoms with Crippen molar-refractivity contribution in [3.8, 4) is 0 Å². The van der Waals surface area contributed by atoms with E-state index >= 15 is 0 Å². The molecule has 0 spiro atoms. The molecule has 0 saturated heterocycles. The molecule has 0 bridgehead atoms. The monoisotopic (exact) mass is 620 g/mol. The first kappa shape index (κ1) is 28.6. The molecule has 208 valence electrons. The van der Waals surface area contributed by atoms with Gasteiger partial charge in [-0.1, -0.05) is 0 Å². The third-order valence-electron chi connectivity index (χ3n) is 8.19. The first-order valence-corrected chi connectivity index (χ1v) is 20.4. The van der Waals surface area contributed by atoms with E-state index in [9.17, 15) is 0 Å². The van der Waals surface area contributed by atoms with E-state index in [0.29, 0.717) is 0 Å². The predicted molar refractivity (Wildman–Crippen MR) is 191 cm³/mol. The zero-order chi connectivity index (χ0) is 29.0. The second-order valence-corrected chi connectivity index (χ2v) is 22.7. The molecule has 0 nitrogen and oxygen atoms in total. The van der Waals surface area contributed by atoms with E-state index in [1.165, 1.54) is 0 Å².